The second kappa shape index (κ2) is 9.93. The zero-order chi connectivity index (χ0) is 18.5. The predicted octanol–water partition coefficient (Wildman–Crippen LogP) is 2.11. The Hall–Kier alpha value is -1.81. The first-order chi connectivity index (χ1) is 12.5. The van der Waals surface area contributed by atoms with Crippen LogP contribution in [0.1, 0.15) is 11.1 Å². The molecule has 1 aliphatic rings. The summed E-state index contributed by atoms with van der Waals surface area (Å²) in [6.45, 7) is 2.95. The molecule has 1 saturated heterocycles. The molecule has 7 nitrogen and oxygen atoms in total. The number of amides is 1. The summed E-state index contributed by atoms with van der Waals surface area (Å²) in [5.41, 5.74) is 2.15. The van der Waals surface area contributed by atoms with E-state index < -0.39 is 0 Å². The van der Waals surface area contributed by atoms with Gasteiger partial charge in [0.15, 0.2) is 5.96 Å². The number of carbonyl (C=O) groups excluding carboxylic acids is 1. The Morgan fingerprint density at radius 2 is 2.00 bits per heavy atom. The van der Waals surface area contributed by atoms with E-state index in [1.54, 1.807) is 11.7 Å². The molecule has 146 valence electrons. The number of nitrogens with zero attached hydrogens (tertiary/aromatic N) is 5. The number of aryl methyl sites for hydroxylation is 1. The van der Waals surface area contributed by atoms with E-state index in [1.807, 2.05) is 53.5 Å². The lowest BCUT2D eigenvalue weighted by molar-refractivity contribution is -0.135. The highest BCUT2D eigenvalue weighted by atomic mass is 127. The van der Waals surface area contributed by atoms with Crippen molar-refractivity contribution in [1.29, 1.82) is 0 Å². The Morgan fingerprint density at radius 3 is 2.59 bits per heavy atom. The normalized spacial score (nSPS) is 14.9. The van der Waals surface area contributed by atoms with E-state index in [2.05, 4.69) is 15.4 Å². The number of hydrogen-bond acceptors (Lipinski definition) is 3. The molecule has 2 aromatic rings. The molecule has 9 heteroatoms. The van der Waals surface area contributed by atoms with Gasteiger partial charge in [0.2, 0.25) is 5.91 Å². The minimum Gasteiger partial charge on any atom is -0.352 e. The third-order valence-electron chi connectivity index (χ3n) is 4.33. The monoisotopic (exact) mass is 502 g/mol. The second-order valence-electron chi connectivity index (χ2n) is 6.29. The molecule has 1 N–H and O–H groups in total. The summed E-state index contributed by atoms with van der Waals surface area (Å²) in [5, 5.41) is 8.15. The first-order valence-electron chi connectivity index (χ1n) is 8.50. The van der Waals surface area contributed by atoms with Gasteiger partial charge in [0.1, 0.15) is 0 Å². The molecule has 0 unspecified atom stereocenters. The third-order valence-corrected chi connectivity index (χ3v) is 4.58. The van der Waals surface area contributed by atoms with Gasteiger partial charge in [-0.05, 0) is 17.7 Å². The Balaban J connectivity index is 0.00000261. The molecule has 1 fully saturated rings. The van der Waals surface area contributed by atoms with E-state index in [0.717, 1.165) is 23.6 Å². The van der Waals surface area contributed by atoms with Crippen LogP contribution in [0.25, 0.3) is 0 Å². The van der Waals surface area contributed by atoms with Crippen LogP contribution in [0.2, 0.25) is 5.02 Å². The van der Waals surface area contributed by atoms with Crippen molar-refractivity contribution in [3.63, 3.8) is 0 Å². The van der Waals surface area contributed by atoms with Gasteiger partial charge in [-0.15, -0.1) is 24.0 Å². The number of piperazine rings is 1. The number of nitrogens with one attached hydrogen (secondary N) is 1. The average molecular weight is 503 g/mol. The average Bonchev–Trinajstić information content (AvgIpc) is 3.05. The number of aromatic nitrogens is 2. The zero-order valence-corrected chi connectivity index (χ0v) is 18.5. The number of benzene rings is 1. The largest absolute Gasteiger partial charge is 0.352 e. The van der Waals surface area contributed by atoms with E-state index >= 15 is 0 Å². The van der Waals surface area contributed by atoms with Crippen LogP contribution in [0.4, 0.5) is 0 Å². The van der Waals surface area contributed by atoms with Crippen molar-refractivity contribution in [2.75, 3.05) is 26.7 Å². The molecule has 1 aromatic heterocycles. The van der Waals surface area contributed by atoms with Crippen molar-refractivity contribution in [3.05, 3.63) is 52.8 Å². The van der Waals surface area contributed by atoms with Gasteiger partial charge in [-0.25, -0.2) is 0 Å². The topological polar surface area (TPSA) is 65.8 Å². The maximum atomic E-state index is 12.5. The molecule has 0 bridgehead atoms. The number of rotatable bonds is 4. The standard InChI is InChI=1S/C18H23ClN6O.HI/c1-20-18(21-9-15-10-22-23(2)11-15)25-8-7-24(17(26)13-25)12-14-3-5-16(19)6-4-14;/h3-6,10-11H,7-9,12-13H2,1-2H3,(H,20,21);1H. The Labute approximate surface area is 181 Å². The number of halogens is 2. The summed E-state index contributed by atoms with van der Waals surface area (Å²) >= 11 is 5.92. The molecule has 0 saturated carbocycles. The summed E-state index contributed by atoms with van der Waals surface area (Å²) in [6, 6.07) is 7.61. The zero-order valence-electron chi connectivity index (χ0n) is 15.4. The van der Waals surface area contributed by atoms with Crippen molar-refractivity contribution >= 4 is 47.4 Å². The molecule has 1 aliphatic heterocycles. The Morgan fingerprint density at radius 1 is 1.26 bits per heavy atom. The van der Waals surface area contributed by atoms with Gasteiger partial charge < -0.3 is 15.1 Å². The molecule has 2 heterocycles. The van der Waals surface area contributed by atoms with E-state index in [0.29, 0.717) is 31.2 Å². The summed E-state index contributed by atoms with van der Waals surface area (Å²) in [4.78, 5) is 20.7. The molecular weight excluding hydrogens is 479 g/mol. The number of carbonyl (C=O) groups is 1. The van der Waals surface area contributed by atoms with E-state index in [-0.39, 0.29) is 29.9 Å². The van der Waals surface area contributed by atoms with Crippen LogP contribution >= 0.6 is 35.6 Å². The third kappa shape index (κ3) is 5.83. The summed E-state index contributed by atoms with van der Waals surface area (Å²) in [6.07, 6.45) is 3.77. The first-order valence-corrected chi connectivity index (χ1v) is 8.88. The SMILES string of the molecule is CN=C(NCc1cnn(C)c1)N1CCN(Cc2ccc(Cl)cc2)C(=O)C1.I. The van der Waals surface area contributed by atoms with Crippen molar-refractivity contribution in [1.82, 2.24) is 24.9 Å². The minimum absolute atomic E-state index is 0. The van der Waals surface area contributed by atoms with Crippen LogP contribution in [0, 0.1) is 0 Å². The van der Waals surface area contributed by atoms with Gasteiger partial charge in [-0.2, -0.15) is 5.10 Å². The highest BCUT2D eigenvalue weighted by Crippen LogP contribution is 2.13. The summed E-state index contributed by atoms with van der Waals surface area (Å²) in [5.74, 6) is 0.823. The first kappa shape index (κ1) is 21.5. The highest BCUT2D eigenvalue weighted by molar-refractivity contribution is 14.0. The lowest BCUT2D eigenvalue weighted by atomic mass is 10.2. The maximum Gasteiger partial charge on any atom is 0.242 e. The van der Waals surface area contributed by atoms with Crippen molar-refractivity contribution in [2.45, 2.75) is 13.1 Å². The molecule has 0 aliphatic carbocycles. The van der Waals surface area contributed by atoms with E-state index in [1.165, 1.54) is 0 Å². The van der Waals surface area contributed by atoms with Crippen LogP contribution in [0.5, 0.6) is 0 Å². The second-order valence-corrected chi connectivity index (χ2v) is 6.72. The predicted molar refractivity (Wildman–Crippen MR) is 117 cm³/mol. The Kier molecular flexibility index (Phi) is 7.91. The molecule has 0 atom stereocenters. The smallest absolute Gasteiger partial charge is 0.242 e. The van der Waals surface area contributed by atoms with Crippen molar-refractivity contribution in [2.24, 2.45) is 12.0 Å². The van der Waals surface area contributed by atoms with Gasteiger partial charge in [0.25, 0.3) is 0 Å². The van der Waals surface area contributed by atoms with Crippen LogP contribution in [-0.4, -0.2) is 58.1 Å². The fraction of sp³-hybridized carbons (Fsp3) is 0.389. The van der Waals surface area contributed by atoms with Crippen LogP contribution in [0.15, 0.2) is 41.7 Å². The van der Waals surface area contributed by atoms with Crippen LogP contribution < -0.4 is 5.32 Å². The fourth-order valence-electron chi connectivity index (χ4n) is 2.94. The maximum absolute atomic E-state index is 12.5. The summed E-state index contributed by atoms with van der Waals surface area (Å²) in [7, 11) is 3.62. The fourth-order valence-corrected chi connectivity index (χ4v) is 3.07. The Bertz CT molecular complexity index is 791. The lowest BCUT2D eigenvalue weighted by Gasteiger charge is -2.36. The highest BCUT2D eigenvalue weighted by Gasteiger charge is 2.25. The number of guanidine groups is 1. The molecule has 1 aromatic carbocycles. The molecule has 0 spiro atoms. The van der Waals surface area contributed by atoms with Crippen LogP contribution in [0.3, 0.4) is 0 Å². The lowest BCUT2D eigenvalue weighted by Crippen LogP contribution is -2.54. The quantitative estimate of drug-likeness (QED) is 0.395. The molecule has 1 amide bonds. The molecular formula is C18H24ClIN6O. The molecule has 0 radical (unpaired) electrons. The van der Waals surface area contributed by atoms with E-state index in [9.17, 15) is 4.79 Å². The van der Waals surface area contributed by atoms with Gasteiger partial charge >= 0.3 is 0 Å². The van der Waals surface area contributed by atoms with Crippen molar-refractivity contribution < 1.29 is 4.79 Å². The van der Waals surface area contributed by atoms with Gasteiger partial charge in [-0.1, -0.05) is 23.7 Å². The van der Waals surface area contributed by atoms with E-state index in [4.69, 9.17) is 11.6 Å². The molecule has 3 rings (SSSR count). The van der Waals surface area contributed by atoms with Crippen LogP contribution in [-0.2, 0) is 24.9 Å². The summed E-state index contributed by atoms with van der Waals surface area (Å²) < 4.78 is 1.76. The van der Waals surface area contributed by atoms with Gasteiger partial charge in [-0.3, -0.25) is 14.5 Å². The van der Waals surface area contributed by atoms with Crippen molar-refractivity contribution in [3.8, 4) is 0 Å². The van der Waals surface area contributed by atoms with Gasteiger partial charge in [0.05, 0.1) is 12.7 Å². The number of hydrogen-bond donors (Lipinski definition) is 1. The molecule has 27 heavy (non-hydrogen) atoms. The number of aliphatic imine (C=N–C) groups is 1. The minimum atomic E-state index is 0. The van der Waals surface area contributed by atoms with Gasteiger partial charge in [0, 0.05) is 57.1 Å².